The monoisotopic (exact) mass is 517 g/mol. The minimum absolute atomic E-state index is 0.0288. The molecule has 3 aliphatic heterocycles. The standard InChI is InChI=1S/C29H35N5O4/c1-18(35)19-6-5-7-22(12-19)31-29(36)30-16-23-13-20-10-11-34(23)17-24(20)26-15-25(32-33(26)2)21-8-9-27(37-3)28(14-21)38-4/h5-9,12,14-15,20,23-24H,10-11,13,16-17H2,1-4H3,(H2,30,31,36). The zero-order chi connectivity index (χ0) is 26.8. The Balaban J connectivity index is 1.21. The summed E-state index contributed by atoms with van der Waals surface area (Å²) in [6.07, 6.45) is 2.17. The van der Waals surface area contributed by atoms with Gasteiger partial charge in [0.1, 0.15) is 0 Å². The predicted octanol–water partition coefficient (Wildman–Crippen LogP) is 4.31. The van der Waals surface area contributed by atoms with E-state index in [-0.39, 0.29) is 11.8 Å². The van der Waals surface area contributed by atoms with Crippen molar-refractivity contribution in [3.63, 3.8) is 0 Å². The van der Waals surface area contributed by atoms with E-state index >= 15 is 0 Å². The SMILES string of the molecule is COc1ccc(-c2cc(C3CN4CCC3CC4CNC(=O)Nc3cccc(C(C)=O)c3)n(C)n2)cc1OC. The topological polar surface area (TPSA) is 97.7 Å². The molecule has 3 aromatic rings. The molecule has 6 rings (SSSR count). The van der Waals surface area contributed by atoms with Crippen LogP contribution in [0.15, 0.2) is 48.5 Å². The summed E-state index contributed by atoms with van der Waals surface area (Å²) in [5.41, 5.74) is 4.34. The van der Waals surface area contributed by atoms with Gasteiger partial charge in [-0.1, -0.05) is 12.1 Å². The number of nitrogens with one attached hydrogen (secondary N) is 2. The number of hydrogen-bond donors (Lipinski definition) is 2. The third-order valence-electron chi connectivity index (χ3n) is 7.88. The van der Waals surface area contributed by atoms with Crippen molar-refractivity contribution in [3.8, 4) is 22.8 Å². The number of carbonyl (C=O) groups is 2. The number of Topliss-reactive ketones (excluding diaryl/α,β-unsaturated/α-hetero) is 1. The summed E-state index contributed by atoms with van der Waals surface area (Å²) in [5.74, 6) is 2.29. The van der Waals surface area contributed by atoms with Gasteiger partial charge in [0.25, 0.3) is 0 Å². The molecule has 0 saturated carbocycles. The fraction of sp³-hybridized carbons (Fsp3) is 0.414. The van der Waals surface area contributed by atoms with Crippen LogP contribution in [0, 0.1) is 5.92 Å². The Labute approximate surface area is 223 Å². The van der Waals surface area contributed by atoms with Gasteiger partial charge in [0.2, 0.25) is 0 Å². The number of fused-ring (bicyclic) bond motifs is 3. The maximum Gasteiger partial charge on any atom is 0.319 e. The van der Waals surface area contributed by atoms with Crippen molar-refractivity contribution in [3.05, 3.63) is 59.8 Å². The quantitative estimate of drug-likeness (QED) is 0.432. The van der Waals surface area contributed by atoms with Gasteiger partial charge in [-0.3, -0.25) is 14.4 Å². The third kappa shape index (κ3) is 5.24. The van der Waals surface area contributed by atoms with Gasteiger partial charge in [-0.2, -0.15) is 5.10 Å². The Morgan fingerprint density at radius 2 is 1.89 bits per heavy atom. The molecule has 3 saturated heterocycles. The van der Waals surface area contributed by atoms with Crippen LogP contribution in [0.3, 0.4) is 0 Å². The highest BCUT2D eigenvalue weighted by Crippen LogP contribution is 2.42. The highest BCUT2D eigenvalue weighted by atomic mass is 16.5. The Hall–Kier alpha value is -3.85. The number of hydrogen-bond acceptors (Lipinski definition) is 6. The highest BCUT2D eigenvalue weighted by molar-refractivity contribution is 5.96. The molecule has 2 aromatic carbocycles. The number of methoxy groups -OCH3 is 2. The number of aromatic nitrogens is 2. The molecule has 2 bridgehead atoms. The van der Waals surface area contributed by atoms with E-state index < -0.39 is 0 Å². The number of anilines is 1. The Morgan fingerprint density at radius 3 is 2.61 bits per heavy atom. The number of amides is 2. The number of nitrogens with zero attached hydrogens (tertiary/aromatic N) is 3. The molecule has 9 heteroatoms. The van der Waals surface area contributed by atoms with Gasteiger partial charge in [0.15, 0.2) is 17.3 Å². The van der Waals surface area contributed by atoms with Gasteiger partial charge < -0.3 is 20.1 Å². The van der Waals surface area contributed by atoms with E-state index in [4.69, 9.17) is 14.6 Å². The molecule has 0 spiro atoms. The van der Waals surface area contributed by atoms with Gasteiger partial charge in [-0.05, 0) is 68.6 Å². The first-order valence-electron chi connectivity index (χ1n) is 13.0. The van der Waals surface area contributed by atoms with Crippen molar-refractivity contribution >= 4 is 17.5 Å². The summed E-state index contributed by atoms with van der Waals surface area (Å²) in [6, 6.07) is 15.1. The van der Waals surface area contributed by atoms with Crippen LogP contribution in [0.2, 0.25) is 0 Å². The summed E-state index contributed by atoms with van der Waals surface area (Å²) in [5, 5.41) is 10.7. The van der Waals surface area contributed by atoms with Gasteiger partial charge in [0.05, 0.1) is 19.9 Å². The number of urea groups is 1. The van der Waals surface area contributed by atoms with Crippen LogP contribution < -0.4 is 20.1 Å². The lowest BCUT2D eigenvalue weighted by molar-refractivity contribution is 0.0296. The number of ketones is 1. The van der Waals surface area contributed by atoms with E-state index in [0.717, 1.165) is 37.2 Å². The van der Waals surface area contributed by atoms with Crippen LogP contribution in [-0.2, 0) is 7.05 Å². The molecule has 2 N–H and O–H groups in total. The summed E-state index contributed by atoms with van der Waals surface area (Å²) in [6.45, 7) is 4.09. The average molecular weight is 518 g/mol. The minimum atomic E-state index is -0.254. The van der Waals surface area contributed by atoms with Gasteiger partial charge in [0, 0.05) is 54.6 Å². The van der Waals surface area contributed by atoms with E-state index in [2.05, 4.69) is 21.6 Å². The molecule has 0 radical (unpaired) electrons. The zero-order valence-electron chi connectivity index (χ0n) is 22.4. The van der Waals surface area contributed by atoms with E-state index in [0.29, 0.717) is 47.2 Å². The fourth-order valence-corrected chi connectivity index (χ4v) is 5.85. The first kappa shape index (κ1) is 25.8. The fourth-order valence-electron chi connectivity index (χ4n) is 5.85. The van der Waals surface area contributed by atoms with E-state index in [1.807, 2.05) is 29.9 Å². The second kappa shape index (κ2) is 10.9. The first-order chi connectivity index (χ1) is 18.4. The average Bonchev–Trinajstić information content (AvgIpc) is 3.33. The lowest BCUT2D eigenvalue weighted by Crippen LogP contribution is -2.56. The van der Waals surface area contributed by atoms with Crippen molar-refractivity contribution in [2.45, 2.75) is 31.7 Å². The minimum Gasteiger partial charge on any atom is -0.493 e. The van der Waals surface area contributed by atoms with Gasteiger partial charge >= 0.3 is 6.03 Å². The molecule has 3 aliphatic rings. The second-order valence-electron chi connectivity index (χ2n) is 10.2. The second-order valence-corrected chi connectivity index (χ2v) is 10.2. The number of benzene rings is 2. The lowest BCUT2D eigenvalue weighted by Gasteiger charge is -2.49. The van der Waals surface area contributed by atoms with E-state index in [1.54, 1.807) is 38.5 Å². The van der Waals surface area contributed by atoms with Crippen LogP contribution in [0.5, 0.6) is 11.5 Å². The van der Waals surface area contributed by atoms with Crippen LogP contribution >= 0.6 is 0 Å². The van der Waals surface area contributed by atoms with Crippen molar-refractivity contribution in [2.75, 3.05) is 39.2 Å². The molecule has 1 aromatic heterocycles. The number of aryl methyl sites for hydroxylation is 1. The molecule has 200 valence electrons. The van der Waals surface area contributed by atoms with Gasteiger partial charge in [-0.15, -0.1) is 0 Å². The molecule has 0 aliphatic carbocycles. The maximum atomic E-state index is 12.5. The lowest BCUT2D eigenvalue weighted by atomic mass is 9.74. The first-order valence-corrected chi connectivity index (χ1v) is 13.0. The Bertz CT molecular complexity index is 1340. The molecular formula is C29H35N5O4. The van der Waals surface area contributed by atoms with Crippen LogP contribution in [-0.4, -0.2) is 66.4 Å². The molecule has 2 amide bonds. The molecule has 4 heterocycles. The molecular weight excluding hydrogens is 482 g/mol. The number of piperidine rings is 3. The molecule has 4 atom stereocenters. The molecule has 9 nitrogen and oxygen atoms in total. The van der Waals surface area contributed by atoms with Crippen LogP contribution in [0.4, 0.5) is 10.5 Å². The number of carbonyl (C=O) groups excluding carboxylic acids is 2. The van der Waals surface area contributed by atoms with Crippen LogP contribution in [0.1, 0.15) is 41.7 Å². The smallest absolute Gasteiger partial charge is 0.319 e. The zero-order valence-corrected chi connectivity index (χ0v) is 22.4. The number of ether oxygens (including phenoxy) is 2. The van der Waals surface area contributed by atoms with Gasteiger partial charge in [-0.25, -0.2) is 4.79 Å². The van der Waals surface area contributed by atoms with E-state index in [1.165, 1.54) is 12.6 Å². The van der Waals surface area contributed by atoms with Crippen molar-refractivity contribution < 1.29 is 19.1 Å². The molecule has 4 unspecified atom stereocenters. The van der Waals surface area contributed by atoms with Crippen LogP contribution in [0.25, 0.3) is 11.3 Å². The maximum absolute atomic E-state index is 12.5. The van der Waals surface area contributed by atoms with Crippen molar-refractivity contribution in [1.82, 2.24) is 20.0 Å². The summed E-state index contributed by atoms with van der Waals surface area (Å²) >= 11 is 0. The Morgan fingerprint density at radius 1 is 1.08 bits per heavy atom. The third-order valence-corrected chi connectivity index (χ3v) is 7.88. The van der Waals surface area contributed by atoms with E-state index in [9.17, 15) is 9.59 Å². The van der Waals surface area contributed by atoms with Crippen molar-refractivity contribution in [1.29, 1.82) is 0 Å². The largest absolute Gasteiger partial charge is 0.493 e. The summed E-state index contributed by atoms with van der Waals surface area (Å²) in [4.78, 5) is 26.6. The molecule has 38 heavy (non-hydrogen) atoms. The highest BCUT2D eigenvalue weighted by Gasteiger charge is 2.41. The molecule has 3 fully saturated rings. The number of rotatable bonds is 8. The van der Waals surface area contributed by atoms with Crippen molar-refractivity contribution in [2.24, 2.45) is 13.0 Å². The summed E-state index contributed by atoms with van der Waals surface area (Å²) in [7, 11) is 5.29. The predicted molar refractivity (Wildman–Crippen MR) is 146 cm³/mol. The normalized spacial score (nSPS) is 22.1. The Kier molecular flexibility index (Phi) is 7.37. The summed E-state index contributed by atoms with van der Waals surface area (Å²) < 4.78 is 12.9.